The smallest absolute Gasteiger partial charge is 0.341 e. The van der Waals surface area contributed by atoms with Crippen LogP contribution in [0.4, 0.5) is 5.69 Å². The van der Waals surface area contributed by atoms with Crippen LogP contribution in [-0.2, 0) is 4.74 Å². The van der Waals surface area contributed by atoms with Gasteiger partial charge in [-0.3, -0.25) is 0 Å². The molecule has 0 saturated carbocycles. The van der Waals surface area contributed by atoms with Crippen molar-refractivity contribution in [1.29, 1.82) is 0 Å². The van der Waals surface area contributed by atoms with E-state index < -0.39 is 5.97 Å². The zero-order valence-corrected chi connectivity index (χ0v) is 9.79. The third kappa shape index (κ3) is 1.88. The van der Waals surface area contributed by atoms with E-state index in [9.17, 15) is 4.79 Å². The summed E-state index contributed by atoms with van der Waals surface area (Å²) in [4.78, 5) is 11.5. The van der Waals surface area contributed by atoms with Crippen molar-refractivity contribution in [2.24, 2.45) is 0 Å². The molecule has 0 aromatic heterocycles. The molecule has 1 rings (SSSR count). The second-order valence-corrected chi connectivity index (χ2v) is 3.19. The van der Waals surface area contributed by atoms with E-state index in [1.807, 2.05) is 0 Å². The third-order valence-corrected chi connectivity index (χ3v) is 2.37. The number of nitrogens with two attached hydrogens (primary N) is 1. The molecule has 1 aromatic carbocycles. The van der Waals surface area contributed by atoms with Crippen LogP contribution in [0, 0.1) is 6.92 Å². The topological polar surface area (TPSA) is 70.8 Å². The minimum Gasteiger partial charge on any atom is -0.496 e. The maximum absolute atomic E-state index is 11.5. The van der Waals surface area contributed by atoms with Gasteiger partial charge in [-0.15, -0.1) is 0 Å². The molecule has 0 fully saturated rings. The van der Waals surface area contributed by atoms with Crippen molar-refractivity contribution in [2.75, 3.05) is 27.1 Å². The summed E-state index contributed by atoms with van der Waals surface area (Å²) in [6.07, 6.45) is 0. The van der Waals surface area contributed by atoms with Gasteiger partial charge in [0.15, 0.2) is 5.75 Å². The van der Waals surface area contributed by atoms with Gasteiger partial charge >= 0.3 is 5.97 Å². The Labute approximate surface area is 94.1 Å². The van der Waals surface area contributed by atoms with Gasteiger partial charge in [-0.2, -0.15) is 0 Å². The first kappa shape index (κ1) is 12.2. The number of hydrogen-bond donors (Lipinski definition) is 1. The summed E-state index contributed by atoms with van der Waals surface area (Å²) < 4.78 is 14.9. The fourth-order valence-electron chi connectivity index (χ4n) is 1.45. The zero-order valence-electron chi connectivity index (χ0n) is 9.79. The standard InChI is InChI=1S/C11H15NO4/c1-6-8(14-2)5-7(11(13)16-4)10(15-3)9(6)12/h5H,12H2,1-4H3. The molecule has 0 radical (unpaired) electrons. The van der Waals surface area contributed by atoms with Crippen molar-refractivity contribution in [3.05, 3.63) is 17.2 Å². The van der Waals surface area contributed by atoms with Gasteiger partial charge in [0.2, 0.25) is 0 Å². The number of benzene rings is 1. The Balaban J connectivity index is 3.47. The number of ether oxygens (including phenoxy) is 3. The molecule has 5 nitrogen and oxygen atoms in total. The Morgan fingerprint density at radius 1 is 1.25 bits per heavy atom. The van der Waals surface area contributed by atoms with E-state index in [0.29, 0.717) is 17.2 Å². The lowest BCUT2D eigenvalue weighted by Crippen LogP contribution is -2.08. The summed E-state index contributed by atoms with van der Waals surface area (Å²) in [7, 11) is 4.25. The summed E-state index contributed by atoms with van der Waals surface area (Å²) in [6, 6.07) is 1.55. The van der Waals surface area contributed by atoms with Crippen LogP contribution in [0.25, 0.3) is 0 Å². The van der Waals surface area contributed by atoms with Crippen molar-refractivity contribution in [1.82, 2.24) is 0 Å². The number of carbonyl (C=O) groups is 1. The molecule has 5 heteroatoms. The van der Waals surface area contributed by atoms with E-state index in [2.05, 4.69) is 4.74 Å². The molecule has 0 aliphatic rings. The van der Waals surface area contributed by atoms with Gasteiger partial charge in [0.05, 0.1) is 27.0 Å². The first-order chi connectivity index (χ1) is 7.56. The Bertz CT molecular complexity index is 415. The fraction of sp³-hybridized carbons (Fsp3) is 0.364. The number of anilines is 1. The molecule has 0 spiro atoms. The zero-order chi connectivity index (χ0) is 12.3. The maximum Gasteiger partial charge on any atom is 0.341 e. The van der Waals surface area contributed by atoms with Gasteiger partial charge in [-0.1, -0.05) is 0 Å². The lowest BCUT2D eigenvalue weighted by Gasteiger charge is -2.14. The number of carbonyl (C=O) groups excluding carboxylic acids is 1. The average molecular weight is 225 g/mol. The largest absolute Gasteiger partial charge is 0.496 e. The lowest BCUT2D eigenvalue weighted by molar-refractivity contribution is 0.0597. The molecule has 0 saturated heterocycles. The van der Waals surface area contributed by atoms with Crippen LogP contribution < -0.4 is 15.2 Å². The van der Waals surface area contributed by atoms with Gasteiger partial charge in [-0.25, -0.2) is 4.79 Å². The van der Waals surface area contributed by atoms with Gasteiger partial charge in [0.25, 0.3) is 0 Å². The Morgan fingerprint density at radius 2 is 1.88 bits per heavy atom. The van der Waals surface area contributed by atoms with Crippen molar-refractivity contribution in [3.8, 4) is 11.5 Å². The molecular formula is C11H15NO4. The van der Waals surface area contributed by atoms with Crippen molar-refractivity contribution < 1.29 is 19.0 Å². The van der Waals surface area contributed by atoms with Gasteiger partial charge in [0.1, 0.15) is 11.3 Å². The van der Waals surface area contributed by atoms with E-state index in [-0.39, 0.29) is 5.56 Å². The molecule has 2 N–H and O–H groups in total. The van der Waals surface area contributed by atoms with Crippen LogP contribution in [-0.4, -0.2) is 27.3 Å². The predicted octanol–water partition coefficient (Wildman–Crippen LogP) is 1.38. The summed E-state index contributed by atoms with van der Waals surface area (Å²) >= 11 is 0. The van der Waals surface area contributed by atoms with Crippen molar-refractivity contribution in [3.63, 3.8) is 0 Å². The fourth-order valence-corrected chi connectivity index (χ4v) is 1.45. The number of hydrogen-bond acceptors (Lipinski definition) is 5. The normalized spacial score (nSPS) is 9.75. The first-order valence-electron chi connectivity index (χ1n) is 4.66. The number of nitrogen functional groups attached to an aromatic ring is 1. The SMILES string of the molecule is COC(=O)c1cc(OC)c(C)c(N)c1OC. The number of methoxy groups -OCH3 is 3. The molecule has 88 valence electrons. The molecule has 0 unspecified atom stereocenters. The molecule has 0 atom stereocenters. The highest BCUT2D eigenvalue weighted by Gasteiger charge is 2.20. The van der Waals surface area contributed by atoms with E-state index in [1.54, 1.807) is 13.0 Å². The lowest BCUT2D eigenvalue weighted by atomic mass is 10.1. The number of esters is 1. The molecule has 1 aromatic rings. The highest BCUT2D eigenvalue weighted by atomic mass is 16.5. The minimum atomic E-state index is -0.512. The summed E-state index contributed by atoms with van der Waals surface area (Å²) in [5, 5.41) is 0. The molecule has 0 bridgehead atoms. The van der Waals surface area contributed by atoms with Crippen LogP contribution in [0.1, 0.15) is 15.9 Å². The van der Waals surface area contributed by atoms with Crippen LogP contribution >= 0.6 is 0 Å². The molecular weight excluding hydrogens is 210 g/mol. The second kappa shape index (κ2) is 4.74. The summed E-state index contributed by atoms with van der Waals surface area (Å²) in [6.45, 7) is 1.79. The maximum atomic E-state index is 11.5. The van der Waals surface area contributed by atoms with Crippen LogP contribution in [0.15, 0.2) is 6.07 Å². The minimum absolute atomic E-state index is 0.255. The first-order valence-corrected chi connectivity index (χ1v) is 4.66. The molecule has 0 amide bonds. The summed E-state index contributed by atoms with van der Waals surface area (Å²) in [5.74, 6) is 0.325. The van der Waals surface area contributed by atoms with E-state index >= 15 is 0 Å². The van der Waals surface area contributed by atoms with E-state index in [1.165, 1.54) is 21.3 Å². The van der Waals surface area contributed by atoms with Crippen molar-refractivity contribution >= 4 is 11.7 Å². The molecule has 0 aliphatic carbocycles. The van der Waals surface area contributed by atoms with E-state index in [4.69, 9.17) is 15.2 Å². The van der Waals surface area contributed by atoms with Gasteiger partial charge < -0.3 is 19.9 Å². The van der Waals surface area contributed by atoms with Gasteiger partial charge in [0, 0.05) is 5.56 Å². The second-order valence-electron chi connectivity index (χ2n) is 3.19. The molecule has 0 heterocycles. The Morgan fingerprint density at radius 3 is 2.31 bits per heavy atom. The van der Waals surface area contributed by atoms with E-state index in [0.717, 1.165) is 5.56 Å². The predicted molar refractivity (Wildman–Crippen MR) is 60.0 cm³/mol. The molecule has 0 aliphatic heterocycles. The van der Waals surface area contributed by atoms with Crippen LogP contribution in [0.5, 0.6) is 11.5 Å². The highest BCUT2D eigenvalue weighted by molar-refractivity contribution is 5.96. The quantitative estimate of drug-likeness (QED) is 0.621. The van der Waals surface area contributed by atoms with Crippen LogP contribution in [0.3, 0.4) is 0 Å². The number of rotatable bonds is 3. The Kier molecular flexibility index (Phi) is 3.60. The third-order valence-electron chi connectivity index (χ3n) is 2.37. The highest BCUT2D eigenvalue weighted by Crippen LogP contribution is 2.36. The monoisotopic (exact) mass is 225 g/mol. The van der Waals surface area contributed by atoms with Gasteiger partial charge in [-0.05, 0) is 13.0 Å². The summed E-state index contributed by atoms with van der Waals surface area (Å²) in [5.41, 5.74) is 7.21. The molecule has 16 heavy (non-hydrogen) atoms. The average Bonchev–Trinajstić information content (AvgIpc) is 2.31. The van der Waals surface area contributed by atoms with Crippen LogP contribution in [0.2, 0.25) is 0 Å². The van der Waals surface area contributed by atoms with Crippen molar-refractivity contribution in [2.45, 2.75) is 6.92 Å². The Hall–Kier alpha value is -1.91.